The van der Waals surface area contributed by atoms with Crippen molar-refractivity contribution in [3.8, 4) is 5.75 Å². The van der Waals surface area contributed by atoms with Crippen molar-refractivity contribution in [3.63, 3.8) is 0 Å². The van der Waals surface area contributed by atoms with Gasteiger partial charge in [0.1, 0.15) is 5.75 Å². The average molecular weight is 497 g/mol. The standard InChI is InChI=1S/C22H28N2O7S2/c1-16(2)31-21-12-11-19(33(28,29)24-13-5-4-6-14-24)15-20(21)23-32(26,27)18-9-7-17(8-10-18)22(25)30-3/h7-12,15-16,23H,4-6,13-14H2,1-3H3. The third-order valence-corrected chi connectivity index (χ3v) is 8.37. The predicted molar refractivity (Wildman–Crippen MR) is 123 cm³/mol. The number of esters is 1. The van der Waals surface area contributed by atoms with Gasteiger partial charge in [-0.15, -0.1) is 0 Å². The Morgan fingerprint density at radius 2 is 1.55 bits per heavy atom. The summed E-state index contributed by atoms with van der Waals surface area (Å²) in [5.41, 5.74) is 0.216. The van der Waals surface area contributed by atoms with Gasteiger partial charge in [0, 0.05) is 13.1 Å². The van der Waals surface area contributed by atoms with Crippen LogP contribution in [0.4, 0.5) is 5.69 Å². The number of nitrogens with zero attached hydrogens (tertiary/aromatic N) is 1. The number of piperidine rings is 1. The minimum Gasteiger partial charge on any atom is -0.489 e. The molecule has 1 heterocycles. The van der Waals surface area contributed by atoms with Crippen molar-refractivity contribution >= 4 is 31.7 Å². The zero-order valence-electron chi connectivity index (χ0n) is 18.8. The number of carbonyl (C=O) groups excluding carboxylic acids is 1. The van der Waals surface area contributed by atoms with Gasteiger partial charge in [0.15, 0.2) is 0 Å². The van der Waals surface area contributed by atoms with Crippen molar-refractivity contribution in [2.75, 3.05) is 24.9 Å². The van der Waals surface area contributed by atoms with Crippen molar-refractivity contribution in [2.45, 2.75) is 49.0 Å². The lowest BCUT2D eigenvalue weighted by Crippen LogP contribution is -2.35. The Morgan fingerprint density at radius 1 is 0.939 bits per heavy atom. The van der Waals surface area contributed by atoms with Gasteiger partial charge >= 0.3 is 5.97 Å². The largest absolute Gasteiger partial charge is 0.489 e. The summed E-state index contributed by atoms with van der Waals surface area (Å²) in [4.78, 5) is 11.5. The first-order chi connectivity index (χ1) is 15.5. The Kier molecular flexibility index (Phi) is 7.65. The maximum absolute atomic E-state index is 13.1. The molecule has 2 aromatic carbocycles. The van der Waals surface area contributed by atoms with E-state index in [1.165, 1.54) is 53.9 Å². The van der Waals surface area contributed by atoms with Crippen LogP contribution < -0.4 is 9.46 Å². The first-order valence-electron chi connectivity index (χ1n) is 10.6. The summed E-state index contributed by atoms with van der Waals surface area (Å²) in [6.07, 6.45) is 2.29. The Labute approximate surface area is 194 Å². The number of nitrogens with one attached hydrogen (secondary N) is 1. The van der Waals surface area contributed by atoms with Crippen molar-refractivity contribution in [2.24, 2.45) is 0 Å². The minimum absolute atomic E-state index is 0.0128. The fourth-order valence-corrected chi connectivity index (χ4v) is 6.06. The molecule has 2 aromatic rings. The molecule has 1 N–H and O–H groups in total. The second-order valence-electron chi connectivity index (χ2n) is 7.91. The van der Waals surface area contributed by atoms with Gasteiger partial charge in [0.05, 0.1) is 34.3 Å². The second-order valence-corrected chi connectivity index (χ2v) is 11.5. The van der Waals surface area contributed by atoms with Crippen molar-refractivity contribution in [3.05, 3.63) is 48.0 Å². The van der Waals surface area contributed by atoms with E-state index in [2.05, 4.69) is 9.46 Å². The Morgan fingerprint density at radius 3 is 2.12 bits per heavy atom. The first kappa shape index (κ1) is 25.0. The van der Waals surface area contributed by atoms with Crippen molar-refractivity contribution in [1.82, 2.24) is 4.31 Å². The highest BCUT2D eigenvalue weighted by Gasteiger charge is 2.28. The lowest BCUT2D eigenvalue weighted by molar-refractivity contribution is 0.0600. The summed E-state index contributed by atoms with van der Waals surface area (Å²) in [7, 11) is -6.64. The SMILES string of the molecule is COC(=O)c1ccc(S(=O)(=O)Nc2cc(S(=O)(=O)N3CCCCC3)ccc2OC(C)C)cc1. The van der Waals surface area contributed by atoms with E-state index < -0.39 is 26.0 Å². The number of methoxy groups -OCH3 is 1. The van der Waals surface area contributed by atoms with Gasteiger partial charge in [-0.25, -0.2) is 21.6 Å². The van der Waals surface area contributed by atoms with Gasteiger partial charge in [-0.1, -0.05) is 6.42 Å². The van der Waals surface area contributed by atoms with Crippen LogP contribution in [-0.4, -0.2) is 53.4 Å². The van der Waals surface area contributed by atoms with Crippen LogP contribution in [0.25, 0.3) is 0 Å². The van der Waals surface area contributed by atoms with Crippen LogP contribution in [0.15, 0.2) is 52.3 Å². The third kappa shape index (κ3) is 5.84. The van der Waals surface area contributed by atoms with Crippen LogP contribution in [-0.2, 0) is 24.8 Å². The van der Waals surface area contributed by atoms with Crippen LogP contribution in [0, 0.1) is 0 Å². The van der Waals surface area contributed by atoms with E-state index >= 15 is 0 Å². The Hall–Kier alpha value is -2.63. The fraction of sp³-hybridized carbons (Fsp3) is 0.409. The van der Waals surface area contributed by atoms with E-state index in [-0.39, 0.29) is 32.9 Å². The summed E-state index contributed by atoms with van der Waals surface area (Å²) in [5.74, 6) is -0.382. The second kappa shape index (κ2) is 10.1. The Bertz CT molecular complexity index is 1200. The molecule has 1 saturated heterocycles. The quantitative estimate of drug-likeness (QED) is 0.557. The highest BCUT2D eigenvalue weighted by molar-refractivity contribution is 7.92. The van der Waals surface area contributed by atoms with Crippen molar-refractivity contribution in [1.29, 1.82) is 0 Å². The van der Waals surface area contributed by atoms with Crippen LogP contribution in [0.1, 0.15) is 43.5 Å². The lowest BCUT2D eigenvalue weighted by atomic mass is 10.2. The molecule has 1 aliphatic heterocycles. The first-order valence-corrected chi connectivity index (χ1v) is 13.5. The summed E-state index contributed by atoms with van der Waals surface area (Å²) in [6, 6.07) is 9.37. The number of benzene rings is 2. The number of hydrogen-bond donors (Lipinski definition) is 1. The van der Waals surface area contributed by atoms with Gasteiger partial charge in [0.25, 0.3) is 10.0 Å². The van der Waals surface area contributed by atoms with E-state index in [0.29, 0.717) is 13.1 Å². The molecule has 0 unspecified atom stereocenters. The lowest BCUT2D eigenvalue weighted by Gasteiger charge is -2.26. The van der Waals surface area contributed by atoms with Crippen molar-refractivity contribution < 1.29 is 31.1 Å². The van der Waals surface area contributed by atoms with Crippen LogP contribution >= 0.6 is 0 Å². The predicted octanol–water partition coefficient (Wildman–Crippen LogP) is 3.24. The molecule has 0 saturated carbocycles. The van der Waals surface area contributed by atoms with Gasteiger partial charge in [0.2, 0.25) is 10.0 Å². The average Bonchev–Trinajstić information content (AvgIpc) is 2.79. The van der Waals surface area contributed by atoms with Gasteiger partial charge in [-0.05, 0) is 69.2 Å². The molecule has 0 aliphatic carbocycles. The number of rotatable bonds is 8. The third-order valence-electron chi connectivity index (χ3n) is 5.10. The fourth-order valence-electron chi connectivity index (χ4n) is 3.45. The summed E-state index contributed by atoms with van der Waals surface area (Å²) in [5, 5.41) is 0. The molecule has 0 aromatic heterocycles. The Balaban J connectivity index is 1.97. The maximum Gasteiger partial charge on any atom is 0.337 e. The number of carbonyl (C=O) groups is 1. The smallest absolute Gasteiger partial charge is 0.337 e. The number of ether oxygens (including phenoxy) is 2. The zero-order valence-corrected chi connectivity index (χ0v) is 20.4. The monoisotopic (exact) mass is 496 g/mol. The summed E-state index contributed by atoms with van der Waals surface area (Å²) >= 11 is 0. The van der Waals surface area contributed by atoms with Gasteiger partial charge < -0.3 is 9.47 Å². The highest BCUT2D eigenvalue weighted by Crippen LogP contribution is 2.32. The molecular weight excluding hydrogens is 468 g/mol. The zero-order chi connectivity index (χ0) is 24.2. The molecule has 0 atom stereocenters. The molecule has 180 valence electrons. The molecule has 1 aliphatic rings. The molecule has 0 amide bonds. The molecule has 0 radical (unpaired) electrons. The number of sulfonamides is 2. The molecule has 0 bridgehead atoms. The van der Waals surface area contributed by atoms with Crippen LogP contribution in [0.3, 0.4) is 0 Å². The van der Waals surface area contributed by atoms with Crippen LogP contribution in [0.5, 0.6) is 5.75 Å². The molecule has 1 fully saturated rings. The summed E-state index contributed by atoms with van der Waals surface area (Å²) in [6.45, 7) is 4.42. The minimum atomic E-state index is -4.10. The van der Waals surface area contributed by atoms with E-state index in [1.807, 2.05) is 0 Å². The number of hydrogen-bond acceptors (Lipinski definition) is 7. The van der Waals surface area contributed by atoms with E-state index in [9.17, 15) is 21.6 Å². The molecule has 9 nitrogen and oxygen atoms in total. The van der Waals surface area contributed by atoms with Gasteiger partial charge in [-0.3, -0.25) is 4.72 Å². The van der Waals surface area contributed by atoms with E-state index in [0.717, 1.165) is 19.3 Å². The summed E-state index contributed by atoms with van der Waals surface area (Å²) < 4.78 is 66.4. The normalized spacial score (nSPS) is 15.3. The topological polar surface area (TPSA) is 119 Å². The molecular formula is C22H28N2O7S2. The highest BCUT2D eigenvalue weighted by atomic mass is 32.2. The van der Waals surface area contributed by atoms with Crippen LogP contribution in [0.2, 0.25) is 0 Å². The van der Waals surface area contributed by atoms with E-state index in [1.54, 1.807) is 13.8 Å². The number of anilines is 1. The van der Waals surface area contributed by atoms with Gasteiger partial charge in [-0.2, -0.15) is 4.31 Å². The van der Waals surface area contributed by atoms with E-state index in [4.69, 9.17) is 4.74 Å². The maximum atomic E-state index is 13.1. The molecule has 33 heavy (non-hydrogen) atoms. The molecule has 11 heteroatoms. The molecule has 3 rings (SSSR count). The molecule has 0 spiro atoms.